The van der Waals surface area contributed by atoms with Crippen LogP contribution in [0.4, 0.5) is 0 Å². The van der Waals surface area contributed by atoms with Gasteiger partial charge in [0.05, 0.1) is 26.2 Å². The van der Waals surface area contributed by atoms with Crippen LogP contribution in [0.3, 0.4) is 0 Å². The zero-order chi connectivity index (χ0) is 10.2. The summed E-state index contributed by atoms with van der Waals surface area (Å²) >= 11 is 0. The van der Waals surface area contributed by atoms with Gasteiger partial charge >= 0.3 is 0 Å². The van der Waals surface area contributed by atoms with Crippen LogP contribution in [0.25, 0.3) is 0 Å². The third-order valence-corrected chi connectivity index (χ3v) is 2.79. The van der Waals surface area contributed by atoms with E-state index >= 15 is 0 Å². The van der Waals surface area contributed by atoms with Gasteiger partial charge in [-0.3, -0.25) is 0 Å². The van der Waals surface area contributed by atoms with Gasteiger partial charge in [0.25, 0.3) is 0 Å². The van der Waals surface area contributed by atoms with Crippen LogP contribution in [0.15, 0.2) is 0 Å². The Morgan fingerprint density at radius 3 is 0.778 bits per heavy atom. The Bertz CT molecular complexity index is 99.1. The maximum Gasteiger partial charge on any atom is 0.0783 e. The monoisotopic (exact) mass is 360 g/mol. The number of nitrogens with zero attached hydrogens (tertiary/aromatic N) is 1. The Morgan fingerprint density at radius 1 is 0.500 bits per heavy atom. The van der Waals surface area contributed by atoms with Crippen LogP contribution in [0.1, 0.15) is 53.4 Å². The van der Waals surface area contributed by atoms with Gasteiger partial charge in [0.15, 0.2) is 0 Å². The second-order valence-corrected chi connectivity index (χ2v) is 4.24. The molecular formula is C12H36NO4Ru+. The molecule has 18 heavy (non-hydrogen) atoms. The van der Waals surface area contributed by atoms with Gasteiger partial charge in [0.2, 0.25) is 0 Å². The van der Waals surface area contributed by atoms with Crippen molar-refractivity contribution in [2.75, 3.05) is 26.2 Å². The van der Waals surface area contributed by atoms with Gasteiger partial charge in [-0.05, 0) is 25.7 Å². The molecule has 0 aliphatic heterocycles. The number of hydrogen-bond donors (Lipinski definition) is 0. The van der Waals surface area contributed by atoms with E-state index in [4.69, 9.17) is 0 Å². The third-order valence-electron chi connectivity index (χ3n) is 2.79. The van der Waals surface area contributed by atoms with E-state index in [2.05, 4.69) is 27.7 Å². The maximum absolute atomic E-state index is 2.31. The maximum atomic E-state index is 2.31. The van der Waals surface area contributed by atoms with Crippen molar-refractivity contribution in [1.29, 1.82) is 0 Å². The van der Waals surface area contributed by atoms with Crippen LogP contribution in [0.5, 0.6) is 0 Å². The van der Waals surface area contributed by atoms with Crippen molar-refractivity contribution < 1.29 is 45.9 Å². The molecule has 0 aliphatic rings. The molecule has 0 aromatic heterocycles. The number of rotatable bonds is 8. The fourth-order valence-corrected chi connectivity index (χ4v) is 2.57. The normalized spacial score (nSPS) is 8.67. The molecule has 0 radical (unpaired) electrons. The van der Waals surface area contributed by atoms with E-state index in [0.717, 1.165) is 0 Å². The van der Waals surface area contributed by atoms with Crippen LogP contribution in [0.2, 0.25) is 0 Å². The molecule has 0 aromatic carbocycles. The molecule has 0 amide bonds. The van der Waals surface area contributed by atoms with Crippen molar-refractivity contribution in [1.82, 2.24) is 0 Å². The fraction of sp³-hybridized carbons (Fsp3) is 1.00. The standard InChI is InChI=1S/C12H28N.4H2O.Ru/c1-5-9-13(10-6-2,11-7-3)12-8-4;;;;;/h5-12H2,1-4H3;4*1H2;/q+1;;;;;. The first-order chi connectivity index (χ1) is 6.24. The van der Waals surface area contributed by atoms with Crippen LogP contribution < -0.4 is 0 Å². The van der Waals surface area contributed by atoms with Crippen LogP contribution >= 0.6 is 0 Å². The summed E-state index contributed by atoms with van der Waals surface area (Å²) in [4.78, 5) is 0. The van der Waals surface area contributed by atoms with Crippen molar-refractivity contribution in [3.63, 3.8) is 0 Å². The van der Waals surface area contributed by atoms with Crippen molar-refractivity contribution in [3.8, 4) is 0 Å². The molecule has 0 unspecified atom stereocenters. The SMILES string of the molecule is CCC[N+](CCC)(CCC)CCC.O.O.O.O.[Ru]. The molecule has 0 rings (SSSR count). The van der Waals surface area contributed by atoms with Gasteiger partial charge in [-0.25, -0.2) is 0 Å². The quantitative estimate of drug-likeness (QED) is 0.432. The summed E-state index contributed by atoms with van der Waals surface area (Å²) < 4.78 is 1.38. The predicted octanol–water partition coefficient (Wildman–Crippen LogP) is 0.142. The third kappa shape index (κ3) is 14.5. The van der Waals surface area contributed by atoms with Gasteiger partial charge in [-0.1, -0.05) is 27.7 Å². The largest absolute Gasteiger partial charge is 0.412 e. The molecule has 0 saturated heterocycles. The van der Waals surface area contributed by atoms with Gasteiger partial charge in [-0.15, -0.1) is 0 Å². The molecule has 0 fully saturated rings. The molecule has 6 heteroatoms. The van der Waals surface area contributed by atoms with Gasteiger partial charge < -0.3 is 26.4 Å². The molecule has 120 valence electrons. The Hall–Kier alpha value is 0.423. The zero-order valence-electron chi connectivity index (χ0n) is 12.5. The second kappa shape index (κ2) is 22.6. The van der Waals surface area contributed by atoms with E-state index in [0.29, 0.717) is 0 Å². The molecular weight excluding hydrogens is 323 g/mol. The summed E-state index contributed by atoms with van der Waals surface area (Å²) in [6.45, 7) is 14.8. The van der Waals surface area contributed by atoms with Crippen molar-refractivity contribution >= 4 is 0 Å². The Balaban J connectivity index is -0.0000000720. The van der Waals surface area contributed by atoms with E-state index in [-0.39, 0.29) is 41.4 Å². The van der Waals surface area contributed by atoms with Crippen molar-refractivity contribution in [2.45, 2.75) is 53.4 Å². The van der Waals surface area contributed by atoms with Crippen molar-refractivity contribution in [2.24, 2.45) is 0 Å². The summed E-state index contributed by atoms with van der Waals surface area (Å²) in [6, 6.07) is 0. The molecule has 0 spiro atoms. The topological polar surface area (TPSA) is 126 Å². The summed E-state index contributed by atoms with van der Waals surface area (Å²) in [5, 5.41) is 0. The molecule has 0 bridgehead atoms. The van der Waals surface area contributed by atoms with E-state index in [1.165, 1.54) is 56.3 Å². The summed E-state index contributed by atoms with van der Waals surface area (Å²) in [5.74, 6) is 0. The summed E-state index contributed by atoms with van der Waals surface area (Å²) in [7, 11) is 0. The average molecular weight is 359 g/mol. The Morgan fingerprint density at radius 2 is 0.667 bits per heavy atom. The zero-order valence-corrected chi connectivity index (χ0v) is 14.2. The first kappa shape index (κ1) is 36.2. The number of hydrogen-bond acceptors (Lipinski definition) is 0. The Labute approximate surface area is 126 Å². The smallest absolute Gasteiger partial charge is 0.0783 e. The van der Waals surface area contributed by atoms with Gasteiger partial charge in [0, 0.05) is 19.5 Å². The van der Waals surface area contributed by atoms with E-state index in [9.17, 15) is 0 Å². The minimum absolute atomic E-state index is 0. The molecule has 0 aliphatic carbocycles. The van der Waals surface area contributed by atoms with E-state index in [1.54, 1.807) is 0 Å². The second-order valence-electron chi connectivity index (χ2n) is 4.24. The van der Waals surface area contributed by atoms with Crippen LogP contribution in [-0.2, 0) is 19.5 Å². The average Bonchev–Trinajstić information content (AvgIpc) is 2.06. The van der Waals surface area contributed by atoms with Crippen molar-refractivity contribution in [3.05, 3.63) is 0 Å². The molecule has 0 saturated carbocycles. The Kier molecular flexibility index (Phi) is 45.5. The minimum atomic E-state index is 0. The predicted molar refractivity (Wildman–Crippen MR) is 75.3 cm³/mol. The fourth-order valence-electron chi connectivity index (χ4n) is 2.57. The first-order valence-electron chi connectivity index (χ1n) is 6.09. The van der Waals surface area contributed by atoms with E-state index in [1.807, 2.05) is 0 Å². The molecule has 0 aromatic rings. The van der Waals surface area contributed by atoms with Crippen LogP contribution in [0, 0.1) is 0 Å². The molecule has 5 nitrogen and oxygen atoms in total. The molecule has 0 atom stereocenters. The molecule has 0 heterocycles. The molecule has 8 N–H and O–H groups in total. The minimum Gasteiger partial charge on any atom is -0.412 e. The van der Waals surface area contributed by atoms with E-state index < -0.39 is 0 Å². The van der Waals surface area contributed by atoms with Gasteiger partial charge in [-0.2, -0.15) is 0 Å². The number of quaternary nitrogens is 1. The van der Waals surface area contributed by atoms with Gasteiger partial charge in [0.1, 0.15) is 0 Å². The summed E-state index contributed by atoms with van der Waals surface area (Å²) in [5.41, 5.74) is 0. The summed E-state index contributed by atoms with van der Waals surface area (Å²) in [6.07, 6.45) is 5.33. The first-order valence-corrected chi connectivity index (χ1v) is 6.09. The van der Waals surface area contributed by atoms with Crippen LogP contribution in [-0.4, -0.2) is 52.6 Å².